The van der Waals surface area contributed by atoms with Crippen LogP contribution in [0, 0.1) is 0 Å². The van der Waals surface area contributed by atoms with E-state index in [1.807, 2.05) is 6.33 Å². The molecule has 0 unspecified atom stereocenters. The van der Waals surface area contributed by atoms with Crippen molar-refractivity contribution >= 4 is 0 Å². The summed E-state index contributed by atoms with van der Waals surface area (Å²) in [6.45, 7) is 4.01. The molecule has 0 atom stereocenters. The van der Waals surface area contributed by atoms with Crippen molar-refractivity contribution in [1.82, 2.24) is 14.8 Å². The molecule has 0 amide bonds. The number of nitrogens with zero attached hydrogens (tertiary/aromatic N) is 3. The number of ether oxygens (including phenoxy) is 1. The average molecular weight is 271 g/mol. The monoisotopic (exact) mass is 271 g/mol. The van der Waals surface area contributed by atoms with Gasteiger partial charge < -0.3 is 9.30 Å². The summed E-state index contributed by atoms with van der Waals surface area (Å²) < 4.78 is 7.97. The highest BCUT2D eigenvalue weighted by Crippen LogP contribution is 2.29. The van der Waals surface area contributed by atoms with Crippen LogP contribution in [0.1, 0.15) is 38.2 Å². The summed E-state index contributed by atoms with van der Waals surface area (Å²) in [4.78, 5) is 0. The van der Waals surface area contributed by atoms with Crippen LogP contribution in [0.25, 0.3) is 11.4 Å². The summed E-state index contributed by atoms with van der Waals surface area (Å²) in [5.74, 6) is 1.96. The summed E-state index contributed by atoms with van der Waals surface area (Å²) >= 11 is 0. The lowest BCUT2D eigenvalue weighted by molar-refractivity contribution is 0.306. The molecular weight excluding hydrogens is 250 g/mol. The van der Waals surface area contributed by atoms with Gasteiger partial charge in [-0.3, -0.25) is 0 Å². The molecular formula is C16H21N3O. The zero-order chi connectivity index (χ0) is 13.8. The SMILES string of the molecule is CCCCCOc1ccc2c(c1)CCCn1cnnc1-2. The van der Waals surface area contributed by atoms with E-state index in [9.17, 15) is 0 Å². The van der Waals surface area contributed by atoms with Gasteiger partial charge in [0.05, 0.1) is 6.61 Å². The molecule has 0 saturated carbocycles. The van der Waals surface area contributed by atoms with Crippen LogP contribution in [0.2, 0.25) is 0 Å². The molecule has 1 aliphatic rings. The second kappa shape index (κ2) is 6.07. The van der Waals surface area contributed by atoms with Crippen molar-refractivity contribution in [3.63, 3.8) is 0 Å². The highest BCUT2D eigenvalue weighted by molar-refractivity contribution is 5.62. The van der Waals surface area contributed by atoms with Crippen LogP contribution in [0.3, 0.4) is 0 Å². The van der Waals surface area contributed by atoms with Gasteiger partial charge in [-0.2, -0.15) is 0 Å². The van der Waals surface area contributed by atoms with Crippen LogP contribution in [0.4, 0.5) is 0 Å². The molecule has 106 valence electrons. The molecule has 1 aliphatic heterocycles. The smallest absolute Gasteiger partial charge is 0.164 e. The van der Waals surface area contributed by atoms with Gasteiger partial charge in [-0.1, -0.05) is 19.8 Å². The number of benzene rings is 1. The molecule has 0 N–H and O–H groups in total. The fourth-order valence-corrected chi connectivity index (χ4v) is 2.69. The van der Waals surface area contributed by atoms with E-state index in [0.29, 0.717) is 0 Å². The Morgan fingerprint density at radius 1 is 1.30 bits per heavy atom. The Morgan fingerprint density at radius 3 is 3.15 bits per heavy atom. The number of fused-ring (bicyclic) bond motifs is 3. The van der Waals surface area contributed by atoms with Crippen molar-refractivity contribution < 1.29 is 4.74 Å². The van der Waals surface area contributed by atoms with E-state index in [1.165, 1.54) is 24.0 Å². The Bertz CT molecular complexity index is 577. The van der Waals surface area contributed by atoms with Gasteiger partial charge >= 0.3 is 0 Å². The summed E-state index contributed by atoms with van der Waals surface area (Å²) in [6.07, 6.45) is 7.60. The molecule has 2 aromatic rings. The highest BCUT2D eigenvalue weighted by Gasteiger charge is 2.16. The summed E-state index contributed by atoms with van der Waals surface area (Å²) in [7, 11) is 0. The lowest BCUT2D eigenvalue weighted by Gasteiger charge is -2.10. The summed E-state index contributed by atoms with van der Waals surface area (Å²) in [5, 5.41) is 8.26. The molecule has 0 aliphatic carbocycles. The van der Waals surface area contributed by atoms with Crippen LogP contribution < -0.4 is 4.74 Å². The minimum absolute atomic E-state index is 0.808. The number of hydrogen-bond acceptors (Lipinski definition) is 3. The molecule has 4 nitrogen and oxygen atoms in total. The first-order valence-electron chi connectivity index (χ1n) is 7.52. The zero-order valence-corrected chi connectivity index (χ0v) is 12.0. The van der Waals surface area contributed by atoms with Crippen molar-refractivity contribution in [3.8, 4) is 17.1 Å². The third-order valence-electron chi connectivity index (χ3n) is 3.79. The maximum Gasteiger partial charge on any atom is 0.164 e. The van der Waals surface area contributed by atoms with Gasteiger partial charge in [0, 0.05) is 12.1 Å². The van der Waals surface area contributed by atoms with E-state index in [2.05, 4.69) is 39.9 Å². The van der Waals surface area contributed by atoms with Gasteiger partial charge in [-0.05, 0) is 43.0 Å². The van der Waals surface area contributed by atoms with Crippen LogP contribution in [0.5, 0.6) is 5.75 Å². The van der Waals surface area contributed by atoms with E-state index >= 15 is 0 Å². The van der Waals surface area contributed by atoms with Gasteiger partial charge in [-0.15, -0.1) is 10.2 Å². The van der Waals surface area contributed by atoms with Crippen molar-refractivity contribution in [2.45, 2.75) is 45.6 Å². The Labute approximate surface area is 119 Å². The molecule has 0 radical (unpaired) electrons. The normalized spacial score (nSPS) is 13.4. The Balaban J connectivity index is 1.78. The maximum atomic E-state index is 5.84. The van der Waals surface area contributed by atoms with Crippen molar-refractivity contribution in [1.29, 1.82) is 0 Å². The molecule has 0 fully saturated rings. The van der Waals surface area contributed by atoms with Crippen LogP contribution in [-0.2, 0) is 13.0 Å². The first kappa shape index (κ1) is 13.2. The fourth-order valence-electron chi connectivity index (χ4n) is 2.69. The number of aryl methyl sites for hydroxylation is 2. The molecule has 1 aromatic carbocycles. The second-order valence-electron chi connectivity index (χ2n) is 5.33. The summed E-state index contributed by atoms with van der Waals surface area (Å²) in [6, 6.07) is 6.34. The lowest BCUT2D eigenvalue weighted by atomic mass is 10.0. The van der Waals surface area contributed by atoms with Gasteiger partial charge in [-0.25, -0.2) is 0 Å². The molecule has 1 aromatic heterocycles. The van der Waals surface area contributed by atoms with E-state index in [-0.39, 0.29) is 0 Å². The Morgan fingerprint density at radius 2 is 2.25 bits per heavy atom. The van der Waals surface area contributed by atoms with Gasteiger partial charge in [0.15, 0.2) is 5.82 Å². The van der Waals surface area contributed by atoms with E-state index in [4.69, 9.17) is 4.74 Å². The third kappa shape index (κ3) is 2.69. The van der Waals surface area contributed by atoms with Crippen LogP contribution >= 0.6 is 0 Å². The predicted molar refractivity (Wildman–Crippen MR) is 78.8 cm³/mol. The van der Waals surface area contributed by atoms with Crippen LogP contribution in [0.15, 0.2) is 24.5 Å². The highest BCUT2D eigenvalue weighted by atomic mass is 16.5. The minimum atomic E-state index is 0.808. The third-order valence-corrected chi connectivity index (χ3v) is 3.79. The zero-order valence-electron chi connectivity index (χ0n) is 12.0. The molecule has 20 heavy (non-hydrogen) atoms. The standard InChI is InChI=1S/C16H21N3O/c1-2-3-4-10-20-14-7-8-15-13(11-14)6-5-9-19-12-17-18-16(15)19/h7-8,11-12H,2-6,9-10H2,1H3. The first-order chi connectivity index (χ1) is 9.88. The Hall–Kier alpha value is -1.84. The molecule has 4 heteroatoms. The van der Waals surface area contributed by atoms with Gasteiger partial charge in [0.2, 0.25) is 0 Å². The number of hydrogen-bond donors (Lipinski definition) is 0. The predicted octanol–water partition coefficient (Wildman–Crippen LogP) is 3.46. The van der Waals surface area contributed by atoms with Gasteiger partial charge in [0.25, 0.3) is 0 Å². The fraction of sp³-hybridized carbons (Fsp3) is 0.500. The first-order valence-corrected chi connectivity index (χ1v) is 7.52. The van der Waals surface area contributed by atoms with Gasteiger partial charge in [0.1, 0.15) is 12.1 Å². The van der Waals surface area contributed by atoms with Crippen molar-refractivity contribution in [2.75, 3.05) is 6.61 Å². The number of rotatable bonds is 5. The van der Waals surface area contributed by atoms with Crippen LogP contribution in [-0.4, -0.2) is 21.4 Å². The second-order valence-corrected chi connectivity index (χ2v) is 5.33. The van der Waals surface area contributed by atoms with E-state index in [0.717, 1.165) is 44.0 Å². The molecule has 0 saturated heterocycles. The minimum Gasteiger partial charge on any atom is -0.494 e. The average Bonchev–Trinajstić information content (AvgIpc) is 2.86. The largest absolute Gasteiger partial charge is 0.494 e. The van der Waals surface area contributed by atoms with E-state index in [1.54, 1.807) is 0 Å². The van der Waals surface area contributed by atoms with Crippen molar-refractivity contribution in [3.05, 3.63) is 30.1 Å². The van der Waals surface area contributed by atoms with Crippen molar-refractivity contribution in [2.24, 2.45) is 0 Å². The molecule has 2 heterocycles. The topological polar surface area (TPSA) is 39.9 Å². The number of unbranched alkanes of at least 4 members (excludes halogenated alkanes) is 2. The Kier molecular flexibility index (Phi) is 4.00. The molecule has 3 rings (SSSR count). The molecule has 0 spiro atoms. The molecule has 0 bridgehead atoms. The maximum absolute atomic E-state index is 5.84. The summed E-state index contributed by atoms with van der Waals surface area (Å²) in [5.41, 5.74) is 2.52. The quantitative estimate of drug-likeness (QED) is 0.782. The lowest BCUT2D eigenvalue weighted by Crippen LogP contribution is -1.98. The van der Waals surface area contributed by atoms with E-state index < -0.39 is 0 Å². The number of aromatic nitrogens is 3.